The molecule has 8 heteroatoms. The molecule has 0 bridgehead atoms. The van der Waals surface area contributed by atoms with Gasteiger partial charge in [0.25, 0.3) is 0 Å². The number of hydrogen-bond acceptors (Lipinski definition) is 6. The number of fused-ring (bicyclic) bond motifs is 1. The minimum atomic E-state index is -0.154. The van der Waals surface area contributed by atoms with E-state index in [1.807, 2.05) is 36.5 Å². The molecular formula is C19H22N6O2. The number of H-pyrrole nitrogens is 1. The lowest BCUT2D eigenvalue weighted by atomic mass is 10.2. The van der Waals surface area contributed by atoms with Crippen LogP contribution >= 0.6 is 0 Å². The van der Waals surface area contributed by atoms with E-state index in [-0.39, 0.29) is 18.9 Å². The lowest BCUT2D eigenvalue weighted by Crippen LogP contribution is -2.26. The van der Waals surface area contributed by atoms with Gasteiger partial charge in [-0.3, -0.25) is 4.79 Å². The van der Waals surface area contributed by atoms with Crippen LogP contribution in [-0.2, 0) is 4.79 Å². The number of carbonyl (C=O) groups excluding carboxylic acids is 1. The van der Waals surface area contributed by atoms with Crippen molar-refractivity contribution in [2.45, 2.75) is 25.3 Å². The molecule has 0 saturated heterocycles. The summed E-state index contributed by atoms with van der Waals surface area (Å²) < 4.78 is 0. The predicted octanol–water partition coefficient (Wildman–Crippen LogP) is 2.62. The van der Waals surface area contributed by atoms with Gasteiger partial charge in [-0.05, 0) is 43.2 Å². The van der Waals surface area contributed by atoms with Gasteiger partial charge < -0.3 is 25.6 Å². The van der Waals surface area contributed by atoms with Crippen LogP contribution in [0.4, 0.5) is 23.1 Å². The number of amides is 1. The van der Waals surface area contributed by atoms with Crippen LogP contribution in [0.1, 0.15) is 19.3 Å². The van der Waals surface area contributed by atoms with E-state index in [4.69, 9.17) is 5.11 Å². The zero-order valence-corrected chi connectivity index (χ0v) is 15.1. The first-order valence-electron chi connectivity index (χ1n) is 9.00. The molecule has 2 heterocycles. The van der Waals surface area contributed by atoms with Crippen LogP contribution in [0.5, 0.6) is 0 Å². The number of anilines is 4. The number of rotatable bonds is 7. The van der Waals surface area contributed by atoms with Crippen molar-refractivity contribution in [3.05, 3.63) is 36.5 Å². The summed E-state index contributed by atoms with van der Waals surface area (Å²) in [6, 6.07) is 9.89. The maximum atomic E-state index is 11.9. The Morgan fingerprint density at radius 3 is 2.74 bits per heavy atom. The lowest BCUT2D eigenvalue weighted by Gasteiger charge is -2.17. The minimum absolute atomic E-state index is 0.108. The second kappa shape index (κ2) is 7.24. The summed E-state index contributed by atoms with van der Waals surface area (Å²) >= 11 is 0. The van der Waals surface area contributed by atoms with Crippen molar-refractivity contribution >= 4 is 40.1 Å². The number of benzene rings is 1. The summed E-state index contributed by atoms with van der Waals surface area (Å²) in [6.07, 6.45) is 4.30. The Balaban J connectivity index is 1.52. The fourth-order valence-corrected chi connectivity index (χ4v) is 2.83. The molecule has 1 aliphatic carbocycles. The summed E-state index contributed by atoms with van der Waals surface area (Å²) in [4.78, 5) is 25.7. The van der Waals surface area contributed by atoms with Crippen molar-refractivity contribution in [3.63, 3.8) is 0 Å². The molecule has 0 unspecified atom stereocenters. The van der Waals surface area contributed by atoms with Crippen LogP contribution < -0.4 is 15.5 Å². The van der Waals surface area contributed by atoms with E-state index in [1.165, 1.54) is 17.7 Å². The number of aliphatic hydroxyl groups excluding tert-OH is 1. The molecule has 27 heavy (non-hydrogen) atoms. The third-order valence-electron chi connectivity index (χ3n) is 4.54. The first kappa shape index (κ1) is 17.3. The van der Waals surface area contributed by atoms with Gasteiger partial charge in [0.15, 0.2) is 0 Å². The fourth-order valence-electron chi connectivity index (χ4n) is 2.83. The zero-order valence-electron chi connectivity index (χ0n) is 15.1. The van der Waals surface area contributed by atoms with Gasteiger partial charge >= 0.3 is 0 Å². The van der Waals surface area contributed by atoms with E-state index in [2.05, 4.69) is 25.6 Å². The third kappa shape index (κ3) is 3.85. The highest BCUT2D eigenvalue weighted by atomic mass is 16.3. The number of carbonyl (C=O) groups is 1. The first-order valence-corrected chi connectivity index (χ1v) is 9.00. The largest absolute Gasteiger partial charge is 0.396 e. The number of aliphatic hydroxyl groups is 1. The molecule has 140 valence electrons. The Hall–Kier alpha value is -3.13. The molecule has 3 aromatic rings. The van der Waals surface area contributed by atoms with Crippen LogP contribution in [0, 0.1) is 0 Å². The van der Waals surface area contributed by atoms with E-state index >= 15 is 0 Å². The molecule has 0 atom stereocenters. The van der Waals surface area contributed by atoms with E-state index < -0.39 is 0 Å². The Kier molecular flexibility index (Phi) is 4.64. The van der Waals surface area contributed by atoms with Gasteiger partial charge in [0, 0.05) is 30.7 Å². The van der Waals surface area contributed by atoms with Crippen molar-refractivity contribution < 1.29 is 9.90 Å². The molecule has 1 aliphatic rings. The maximum Gasteiger partial charge on any atom is 0.231 e. The Morgan fingerprint density at radius 2 is 2.04 bits per heavy atom. The molecule has 1 amide bonds. The van der Waals surface area contributed by atoms with E-state index in [0.717, 1.165) is 28.2 Å². The standard InChI is InChI=1S/C19H22N6O2/c1-25(16(27)9-11-26)14-6-4-13(5-7-14)22-19-23-17-15(8-10-20-17)18(24-19)21-12-2-3-12/h4-8,10,12,26H,2-3,9,11H2,1H3,(H3,20,21,22,23,24). The van der Waals surface area contributed by atoms with Gasteiger partial charge in [-0.15, -0.1) is 0 Å². The molecule has 0 radical (unpaired) electrons. The van der Waals surface area contributed by atoms with Crippen LogP contribution in [0.3, 0.4) is 0 Å². The van der Waals surface area contributed by atoms with Crippen molar-refractivity contribution in [1.82, 2.24) is 15.0 Å². The zero-order chi connectivity index (χ0) is 18.8. The highest BCUT2D eigenvalue weighted by molar-refractivity contribution is 5.93. The van der Waals surface area contributed by atoms with Gasteiger partial charge in [0.2, 0.25) is 11.9 Å². The first-order chi connectivity index (χ1) is 13.1. The monoisotopic (exact) mass is 366 g/mol. The number of hydrogen-bond donors (Lipinski definition) is 4. The SMILES string of the molecule is CN(C(=O)CCO)c1ccc(Nc2nc(NC3CC3)c3cc[nH]c3n2)cc1. The summed E-state index contributed by atoms with van der Waals surface area (Å²) in [5.74, 6) is 1.21. The van der Waals surface area contributed by atoms with Crippen LogP contribution in [0.2, 0.25) is 0 Å². The van der Waals surface area contributed by atoms with Gasteiger partial charge in [-0.2, -0.15) is 9.97 Å². The Labute approximate surface area is 156 Å². The van der Waals surface area contributed by atoms with Gasteiger partial charge in [-0.25, -0.2) is 0 Å². The van der Waals surface area contributed by atoms with Crippen LogP contribution in [0.15, 0.2) is 36.5 Å². The van der Waals surface area contributed by atoms with E-state index in [1.54, 1.807) is 7.05 Å². The number of nitrogens with zero attached hydrogens (tertiary/aromatic N) is 3. The molecule has 2 aromatic heterocycles. The van der Waals surface area contributed by atoms with Gasteiger partial charge in [-0.1, -0.05) is 0 Å². The van der Waals surface area contributed by atoms with Crippen molar-refractivity contribution in [2.75, 3.05) is 29.2 Å². The molecular weight excluding hydrogens is 344 g/mol. The molecule has 4 N–H and O–H groups in total. The second-order valence-corrected chi connectivity index (χ2v) is 6.65. The number of aromatic amines is 1. The normalized spacial score (nSPS) is 13.6. The molecule has 1 fully saturated rings. The van der Waals surface area contributed by atoms with E-state index in [9.17, 15) is 4.79 Å². The smallest absolute Gasteiger partial charge is 0.231 e. The predicted molar refractivity (Wildman–Crippen MR) is 105 cm³/mol. The van der Waals surface area contributed by atoms with Crippen molar-refractivity contribution in [3.8, 4) is 0 Å². The van der Waals surface area contributed by atoms with Gasteiger partial charge in [0.1, 0.15) is 11.5 Å². The van der Waals surface area contributed by atoms with E-state index in [0.29, 0.717) is 12.0 Å². The van der Waals surface area contributed by atoms with Crippen LogP contribution in [0.25, 0.3) is 11.0 Å². The fraction of sp³-hybridized carbons (Fsp3) is 0.316. The molecule has 0 spiro atoms. The van der Waals surface area contributed by atoms with Gasteiger partial charge in [0.05, 0.1) is 18.4 Å². The summed E-state index contributed by atoms with van der Waals surface area (Å²) in [7, 11) is 1.69. The lowest BCUT2D eigenvalue weighted by molar-refractivity contribution is -0.118. The molecule has 8 nitrogen and oxygen atoms in total. The molecule has 0 aliphatic heterocycles. The highest BCUT2D eigenvalue weighted by Gasteiger charge is 2.23. The molecule has 4 rings (SSSR count). The number of nitrogens with one attached hydrogen (secondary N) is 3. The third-order valence-corrected chi connectivity index (χ3v) is 4.54. The Morgan fingerprint density at radius 1 is 1.26 bits per heavy atom. The molecule has 1 aromatic carbocycles. The average Bonchev–Trinajstić information content (AvgIpc) is 3.35. The summed E-state index contributed by atoms with van der Waals surface area (Å²) in [5.41, 5.74) is 2.36. The summed E-state index contributed by atoms with van der Waals surface area (Å²) in [6.45, 7) is -0.154. The Bertz CT molecular complexity index is 948. The molecule has 1 saturated carbocycles. The quantitative estimate of drug-likeness (QED) is 0.512. The second-order valence-electron chi connectivity index (χ2n) is 6.65. The topological polar surface area (TPSA) is 106 Å². The minimum Gasteiger partial charge on any atom is -0.396 e. The maximum absolute atomic E-state index is 11.9. The van der Waals surface area contributed by atoms with Crippen molar-refractivity contribution in [2.24, 2.45) is 0 Å². The average molecular weight is 366 g/mol. The van der Waals surface area contributed by atoms with Crippen LogP contribution in [-0.4, -0.2) is 45.7 Å². The number of aromatic nitrogens is 3. The summed E-state index contributed by atoms with van der Waals surface area (Å²) in [5, 5.41) is 16.5. The highest BCUT2D eigenvalue weighted by Crippen LogP contribution is 2.29. The van der Waals surface area contributed by atoms with Crippen molar-refractivity contribution in [1.29, 1.82) is 0 Å².